The van der Waals surface area contributed by atoms with Crippen molar-refractivity contribution < 1.29 is 9.21 Å². The van der Waals surface area contributed by atoms with Crippen LogP contribution in [0.5, 0.6) is 0 Å². The number of nitrogens with zero attached hydrogens (tertiary/aromatic N) is 3. The molecule has 0 aliphatic carbocycles. The van der Waals surface area contributed by atoms with Crippen molar-refractivity contribution in [1.29, 1.82) is 0 Å². The normalized spacial score (nSPS) is 11.5. The lowest BCUT2D eigenvalue weighted by Crippen LogP contribution is -2.10. The molecule has 3 heterocycles. The number of carbonyl (C=O) groups excluding carboxylic acids is 1. The second-order valence-electron chi connectivity index (χ2n) is 7.10. The molecule has 3 aromatic heterocycles. The highest BCUT2D eigenvalue weighted by atomic mass is 16.4. The van der Waals surface area contributed by atoms with E-state index in [2.05, 4.69) is 0 Å². The zero-order chi connectivity index (χ0) is 20.1. The summed E-state index contributed by atoms with van der Waals surface area (Å²) in [6.07, 6.45) is 0.0502. The highest BCUT2D eigenvalue weighted by molar-refractivity contribution is 6.19. The Balaban J connectivity index is 2.05. The molecular formula is C23H17N3O3. The summed E-state index contributed by atoms with van der Waals surface area (Å²) in [5.41, 5.74) is 2.66. The quantitative estimate of drug-likeness (QED) is 0.346. The van der Waals surface area contributed by atoms with Gasteiger partial charge in [-0.05, 0) is 32.0 Å². The molecule has 5 aromatic rings. The second kappa shape index (κ2) is 6.38. The van der Waals surface area contributed by atoms with Crippen LogP contribution in [-0.4, -0.2) is 20.5 Å². The Kier molecular flexibility index (Phi) is 3.81. The molecule has 0 radical (unpaired) electrons. The molecule has 6 nitrogen and oxygen atoms in total. The number of pyridine rings is 1. The molecule has 0 N–H and O–H groups in total. The summed E-state index contributed by atoms with van der Waals surface area (Å²) in [6, 6.07) is 17.1. The number of Topliss-reactive ketones (excluding diaryl/α,β-unsaturated/α-hetero) is 1. The number of benzene rings is 2. The van der Waals surface area contributed by atoms with E-state index in [-0.39, 0.29) is 12.2 Å². The Morgan fingerprint density at radius 3 is 2.48 bits per heavy atom. The van der Waals surface area contributed by atoms with Crippen LogP contribution in [-0.2, 0) is 11.2 Å². The standard InChI is InChI=1S/C23H17N3O3/c1-13(27)12-17-21-20(16-10-6-7-11-18(16)29-23(21)28)19-14(2)25-26(22(19)24-17)15-8-4-3-5-9-15/h3-11H,12H2,1-2H3. The van der Waals surface area contributed by atoms with Crippen LogP contribution in [0.2, 0.25) is 0 Å². The minimum absolute atomic E-state index is 0.0502. The van der Waals surface area contributed by atoms with E-state index in [1.165, 1.54) is 6.92 Å². The van der Waals surface area contributed by atoms with Crippen LogP contribution >= 0.6 is 0 Å². The van der Waals surface area contributed by atoms with Crippen LogP contribution in [0.3, 0.4) is 0 Å². The van der Waals surface area contributed by atoms with Gasteiger partial charge in [0, 0.05) is 17.2 Å². The van der Waals surface area contributed by atoms with E-state index in [0.29, 0.717) is 22.3 Å². The number of hydrogen-bond acceptors (Lipinski definition) is 5. The molecule has 6 heteroatoms. The first-order valence-corrected chi connectivity index (χ1v) is 9.33. The lowest BCUT2D eigenvalue weighted by molar-refractivity contribution is -0.116. The number of fused-ring (bicyclic) bond motifs is 5. The number of rotatable bonds is 3. The largest absolute Gasteiger partial charge is 0.422 e. The third-order valence-electron chi connectivity index (χ3n) is 5.05. The van der Waals surface area contributed by atoms with Gasteiger partial charge in [-0.1, -0.05) is 36.4 Å². The highest BCUT2D eigenvalue weighted by Gasteiger charge is 2.22. The fourth-order valence-electron chi connectivity index (χ4n) is 3.88. The summed E-state index contributed by atoms with van der Waals surface area (Å²) in [7, 11) is 0. The molecule has 2 aromatic carbocycles. The first kappa shape index (κ1) is 17.3. The topological polar surface area (TPSA) is 78.0 Å². The zero-order valence-electron chi connectivity index (χ0n) is 16.0. The van der Waals surface area contributed by atoms with Crippen LogP contribution in [0.1, 0.15) is 18.3 Å². The monoisotopic (exact) mass is 383 g/mol. The average molecular weight is 383 g/mol. The van der Waals surface area contributed by atoms with E-state index >= 15 is 0 Å². The smallest absolute Gasteiger partial charge is 0.346 e. The fraction of sp³-hybridized carbons (Fsp3) is 0.130. The molecule has 0 saturated carbocycles. The van der Waals surface area contributed by atoms with Gasteiger partial charge in [-0.2, -0.15) is 5.10 Å². The van der Waals surface area contributed by atoms with Gasteiger partial charge in [-0.15, -0.1) is 0 Å². The lowest BCUT2D eigenvalue weighted by atomic mass is 10.0. The maximum absolute atomic E-state index is 12.9. The molecule has 0 unspecified atom stereocenters. The number of carbonyl (C=O) groups is 1. The number of aromatic nitrogens is 3. The van der Waals surface area contributed by atoms with E-state index in [1.807, 2.05) is 55.5 Å². The van der Waals surface area contributed by atoms with Crippen molar-refractivity contribution >= 4 is 38.6 Å². The van der Waals surface area contributed by atoms with Gasteiger partial charge in [0.05, 0.1) is 27.8 Å². The predicted octanol–water partition coefficient (Wildman–Crippen LogP) is 4.12. The third-order valence-corrected chi connectivity index (χ3v) is 5.05. The molecule has 0 aliphatic heterocycles. The van der Waals surface area contributed by atoms with Gasteiger partial charge in [0.25, 0.3) is 0 Å². The van der Waals surface area contributed by atoms with Crippen LogP contribution in [0.25, 0.3) is 38.5 Å². The molecule has 5 rings (SSSR count). The number of para-hydroxylation sites is 2. The van der Waals surface area contributed by atoms with Crippen LogP contribution in [0.4, 0.5) is 0 Å². The molecule has 142 valence electrons. The van der Waals surface area contributed by atoms with Crippen molar-refractivity contribution in [2.24, 2.45) is 0 Å². The first-order valence-electron chi connectivity index (χ1n) is 9.33. The number of ketones is 1. The van der Waals surface area contributed by atoms with Crippen LogP contribution < -0.4 is 5.63 Å². The Labute approximate surface area is 165 Å². The summed E-state index contributed by atoms with van der Waals surface area (Å²) in [5.74, 6) is -0.0757. The van der Waals surface area contributed by atoms with Gasteiger partial charge in [-0.3, -0.25) is 4.79 Å². The fourth-order valence-corrected chi connectivity index (χ4v) is 3.88. The number of aryl methyl sites for hydroxylation is 1. The molecular weight excluding hydrogens is 366 g/mol. The van der Waals surface area contributed by atoms with Crippen molar-refractivity contribution in [2.45, 2.75) is 20.3 Å². The average Bonchev–Trinajstić information content (AvgIpc) is 3.04. The Morgan fingerprint density at radius 2 is 1.72 bits per heavy atom. The van der Waals surface area contributed by atoms with Crippen molar-refractivity contribution in [2.75, 3.05) is 0 Å². The molecule has 0 spiro atoms. The minimum atomic E-state index is -0.490. The molecule has 0 aliphatic rings. The van der Waals surface area contributed by atoms with Gasteiger partial charge in [0.1, 0.15) is 11.4 Å². The van der Waals surface area contributed by atoms with Crippen LogP contribution in [0, 0.1) is 6.92 Å². The Hall–Kier alpha value is -3.80. The van der Waals surface area contributed by atoms with Crippen LogP contribution in [0.15, 0.2) is 63.8 Å². The van der Waals surface area contributed by atoms with Gasteiger partial charge in [-0.25, -0.2) is 14.5 Å². The maximum Gasteiger partial charge on any atom is 0.346 e. The van der Waals surface area contributed by atoms with Crippen molar-refractivity contribution in [3.63, 3.8) is 0 Å². The summed E-state index contributed by atoms with van der Waals surface area (Å²) >= 11 is 0. The van der Waals surface area contributed by atoms with E-state index in [0.717, 1.165) is 27.5 Å². The molecule has 29 heavy (non-hydrogen) atoms. The molecule has 0 fully saturated rings. The van der Waals surface area contributed by atoms with E-state index < -0.39 is 5.63 Å². The summed E-state index contributed by atoms with van der Waals surface area (Å²) < 4.78 is 7.30. The first-order chi connectivity index (χ1) is 14.0. The van der Waals surface area contributed by atoms with E-state index in [1.54, 1.807) is 10.7 Å². The maximum atomic E-state index is 12.9. The van der Waals surface area contributed by atoms with Gasteiger partial charge >= 0.3 is 5.63 Å². The number of hydrogen-bond donors (Lipinski definition) is 0. The zero-order valence-corrected chi connectivity index (χ0v) is 16.0. The van der Waals surface area contributed by atoms with Crippen molar-refractivity contribution in [1.82, 2.24) is 14.8 Å². The molecule has 0 bridgehead atoms. The Morgan fingerprint density at radius 1 is 1.00 bits per heavy atom. The SMILES string of the molecule is CC(=O)Cc1nc2c(c(C)nn2-c2ccccc2)c2c1c(=O)oc1ccccc12. The lowest BCUT2D eigenvalue weighted by Gasteiger charge is -2.09. The summed E-state index contributed by atoms with van der Waals surface area (Å²) in [6.45, 7) is 3.39. The van der Waals surface area contributed by atoms with Crippen molar-refractivity contribution in [3.8, 4) is 5.69 Å². The van der Waals surface area contributed by atoms with Crippen molar-refractivity contribution in [3.05, 3.63) is 76.4 Å². The Bertz CT molecular complexity index is 1480. The molecule has 0 saturated heterocycles. The minimum Gasteiger partial charge on any atom is -0.422 e. The highest BCUT2D eigenvalue weighted by Crippen LogP contribution is 2.33. The predicted molar refractivity (Wildman–Crippen MR) is 112 cm³/mol. The van der Waals surface area contributed by atoms with E-state index in [4.69, 9.17) is 14.5 Å². The molecule has 0 amide bonds. The van der Waals surface area contributed by atoms with Gasteiger partial charge in [0.15, 0.2) is 5.65 Å². The second-order valence-corrected chi connectivity index (χ2v) is 7.10. The van der Waals surface area contributed by atoms with E-state index in [9.17, 15) is 9.59 Å². The van der Waals surface area contributed by atoms with Gasteiger partial charge in [0.2, 0.25) is 0 Å². The summed E-state index contributed by atoms with van der Waals surface area (Å²) in [5, 5.41) is 7.38. The summed E-state index contributed by atoms with van der Waals surface area (Å²) in [4.78, 5) is 29.5. The third kappa shape index (κ3) is 2.64. The molecule has 0 atom stereocenters. The van der Waals surface area contributed by atoms with Gasteiger partial charge < -0.3 is 4.42 Å².